The van der Waals surface area contributed by atoms with Crippen LogP contribution in [0.25, 0.3) is 21.9 Å². The lowest BCUT2D eigenvalue weighted by atomic mass is 9.64. The van der Waals surface area contributed by atoms with Crippen LogP contribution < -0.4 is 9.80 Å². The third kappa shape index (κ3) is 6.10. The fraction of sp³-hybridized carbons (Fsp3) is 0.0182. The Kier molecular flexibility index (Phi) is 9.09. The molecule has 0 saturated heterocycles. The minimum atomic E-state index is -0.756. The molecule has 0 N–H and O–H groups in total. The fourth-order valence-electron chi connectivity index (χ4n) is 8.67. The molecule has 10 aromatic rings. The number of hydrogen-bond acceptors (Lipinski definition) is 3. The van der Waals surface area contributed by atoms with Crippen LogP contribution in [0.5, 0.6) is 0 Å². The van der Waals surface area contributed by atoms with Gasteiger partial charge in [0.25, 0.3) is 0 Å². The number of hydrogen-bond donors (Lipinski definition) is 0. The molecule has 0 radical (unpaired) electrons. The van der Waals surface area contributed by atoms with Gasteiger partial charge in [0.2, 0.25) is 0 Å². The number of fused-ring (bicyclic) bond motifs is 3. The maximum absolute atomic E-state index is 6.32. The zero-order chi connectivity index (χ0) is 38.7. The third-order valence-electron chi connectivity index (χ3n) is 11.2. The van der Waals surface area contributed by atoms with Crippen molar-refractivity contribution in [2.45, 2.75) is 5.41 Å². The van der Waals surface area contributed by atoms with Crippen molar-refractivity contribution in [3.05, 3.63) is 265 Å². The second-order valence-electron chi connectivity index (χ2n) is 14.5. The van der Waals surface area contributed by atoms with Crippen LogP contribution in [0.4, 0.5) is 34.1 Å². The molecule has 0 bridgehead atoms. The number of benzene rings is 9. The summed E-state index contributed by atoms with van der Waals surface area (Å²) in [4.78, 5) is 4.75. The van der Waals surface area contributed by atoms with E-state index in [9.17, 15) is 0 Å². The normalized spacial score (nSPS) is 11.4. The fourth-order valence-corrected chi connectivity index (χ4v) is 8.67. The summed E-state index contributed by atoms with van der Waals surface area (Å²) in [5.41, 5.74) is 12.1. The molecule has 0 aliphatic carbocycles. The van der Waals surface area contributed by atoms with Gasteiger partial charge in [-0.1, -0.05) is 164 Å². The molecule has 3 heteroatoms. The summed E-state index contributed by atoms with van der Waals surface area (Å²) in [7, 11) is 0. The van der Waals surface area contributed by atoms with Crippen LogP contribution in [-0.2, 0) is 5.41 Å². The van der Waals surface area contributed by atoms with E-state index < -0.39 is 5.41 Å². The Bertz CT molecular complexity index is 2870. The summed E-state index contributed by atoms with van der Waals surface area (Å²) in [6.45, 7) is 0. The molecule has 3 nitrogen and oxygen atoms in total. The lowest BCUT2D eigenvalue weighted by Gasteiger charge is -2.40. The van der Waals surface area contributed by atoms with Crippen LogP contribution in [0.3, 0.4) is 0 Å². The quantitative estimate of drug-likeness (QED) is 0.130. The molecule has 0 atom stereocenters. The highest BCUT2D eigenvalue weighted by Crippen LogP contribution is 2.52. The Labute approximate surface area is 339 Å². The van der Waals surface area contributed by atoms with Gasteiger partial charge in [0.15, 0.2) is 0 Å². The van der Waals surface area contributed by atoms with Gasteiger partial charge in [-0.05, 0) is 101 Å². The van der Waals surface area contributed by atoms with E-state index >= 15 is 0 Å². The first-order chi connectivity index (χ1) is 28.8. The molecule has 0 aliphatic heterocycles. The summed E-state index contributed by atoms with van der Waals surface area (Å²) in [5.74, 6) is 0. The topological polar surface area (TPSA) is 19.6 Å². The van der Waals surface area contributed by atoms with Gasteiger partial charge in [0.1, 0.15) is 11.2 Å². The molecule has 58 heavy (non-hydrogen) atoms. The lowest BCUT2D eigenvalue weighted by Crippen LogP contribution is -2.33. The highest BCUT2D eigenvalue weighted by molar-refractivity contribution is 6.06. The Balaban J connectivity index is 1.27. The van der Waals surface area contributed by atoms with Crippen molar-refractivity contribution < 1.29 is 4.42 Å². The smallest absolute Gasteiger partial charge is 0.135 e. The second kappa shape index (κ2) is 15.1. The van der Waals surface area contributed by atoms with E-state index in [1.807, 2.05) is 12.1 Å². The Morgan fingerprint density at radius 2 is 0.741 bits per heavy atom. The van der Waals surface area contributed by atoms with Gasteiger partial charge in [-0.2, -0.15) is 0 Å². The monoisotopic (exact) mass is 744 g/mol. The van der Waals surface area contributed by atoms with Crippen LogP contribution >= 0.6 is 0 Å². The summed E-state index contributed by atoms with van der Waals surface area (Å²) in [6, 6.07) is 86.8. The molecular weight excluding hydrogens is 705 g/mol. The minimum Gasteiger partial charge on any atom is -0.456 e. The van der Waals surface area contributed by atoms with E-state index in [0.29, 0.717) is 0 Å². The van der Waals surface area contributed by atoms with Gasteiger partial charge in [-0.3, -0.25) is 0 Å². The van der Waals surface area contributed by atoms with Crippen LogP contribution in [0.2, 0.25) is 0 Å². The van der Waals surface area contributed by atoms with Crippen molar-refractivity contribution in [1.29, 1.82) is 0 Å². The van der Waals surface area contributed by atoms with Gasteiger partial charge >= 0.3 is 0 Å². The Hall–Kier alpha value is -7.62. The SMILES string of the molecule is c1ccc(N(c2ccccc2)c2cccc(C(c3ccccc3)(c3ccccc3)c3ccccc3N(c3ccccc3)c3ccc4oc5ccccc5c4c3)c2)cc1. The van der Waals surface area contributed by atoms with Crippen LogP contribution in [0.15, 0.2) is 247 Å². The van der Waals surface area contributed by atoms with Gasteiger partial charge in [0.05, 0.1) is 11.1 Å². The first-order valence-electron chi connectivity index (χ1n) is 19.8. The predicted octanol–water partition coefficient (Wildman–Crippen LogP) is 14.9. The first-order valence-corrected chi connectivity index (χ1v) is 19.8. The lowest BCUT2D eigenvalue weighted by molar-refractivity contribution is 0.669. The van der Waals surface area contributed by atoms with Gasteiger partial charge in [-0.25, -0.2) is 0 Å². The second-order valence-corrected chi connectivity index (χ2v) is 14.5. The van der Waals surface area contributed by atoms with Crippen molar-refractivity contribution >= 4 is 56.1 Å². The number of anilines is 6. The number of rotatable bonds is 10. The van der Waals surface area contributed by atoms with Gasteiger partial charge < -0.3 is 14.2 Å². The molecule has 0 aliphatic rings. The zero-order valence-corrected chi connectivity index (χ0v) is 31.9. The first kappa shape index (κ1) is 34.8. The molecule has 1 heterocycles. The van der Waals surface area contributed by atoms with Crippen molar-refractivity contribution in [2.75, 3.05) is 9.80 Å². The van der Waals surface area contributed by atoms with Crippen molar-refractivity contribution in [3.8, 4) is 0 Å². The van der Waals surface area contributed by atoms with Gasteiger partial charge in [0, 0.05) is 39.2 Å². The minimum absolute atomic E-state index is 0.756. The summed E-state index contributed by atoms with van der Waals surface area (Å²) in [6.07, 6.45) is 0. The molecule has 0 fully saturated rings. The molecule has 0 saturated carbocycles. The molecule has 0 amide bonds. The standard InChI is InChI=1S/C55H40N2O/c1-6-21-41(22-7-1)55(42-23-8-2-9-24-42,43-25-20-32-47(39-43)56(44-26-10-3-11-27-44)45-28-12-4-13-29-45)51-34-17-18-35-52(51)57(46-30-14-5-15-31-46)48-37-38-54-50(40-48)49-33-16-19-36-53(49)58-54/h1-40H. The summed E-state index contributed by atoms with van der Waals surface area (Å²) < 4.78 is 6.32. The maximum Gasteiger partial charge on any atom is 0.135 e. The number of furan rings is 1. The van der Waals surface area contributed by atoms with Crippen LogP contribution in [0.1, 0.15) is 22.3 Å². The average Bonchev–Trinajstić information content (AvgIpc) is 3.68. The molecule has 1 aromatic heterocycles. The van der Waals surface area contributed by atoms with Gasteiger partial charge in [-0.15, -0.1) is 0 Å². The van der Waals surface area contributed by atoms with Crippen molar-refractivity contribution in [1.82, 2.24) is 0 Å². The molecular formula is C55H40N2O. The van der Waals surface area contributed by atoms with E-state index in [2.05, 4.69) is 240 Å². The highest BCUT2D eigenvalue weighted by Gasteiger charge is 2.41. The molecule has 9 aromatic carbocycles. The highest BCUT2D eigenvalue weighted by atomic mass is 16.3. The van der Waals surface area contributed by atoms with Crippen LogP contribution in [0, 0.1) is 0 Å². The number of nitrogens with zero attached hydrogens (tertiary/aromatic N) is 2. The molecule has 0 spiro atoms. The van der Waals surface area contributed by atoms with E-state index in [0.717, 1.165) is 67.2 Å². The third-order valence-corrected chi connectivity index (χ3v) is 11.2. The van der Waals surface area contributed by atoms with Crippen molar-refractivity contribution in [2.24, 2.45) is 0 Å². The van der Waals surface area contributed by atoms with Crippen LogP contribution in [-0.4, -0.2) is 0 Å². The summed E-state index contributed by atoms with van der Waals surface area (Å²) in [5, 5.41) is 2.18. The average molecular weight is 745 g/mol. The van der Waals surface area contributed by atoms with E-state index in [4.69, 9.17) is 4.42 Å². The largest absolute Gasteiger partial charge is 0.456 e. The molecule has 276 valence electrons. The molecule has 10 rings (SSSR count). The van der Waals surface area contributed by atoms with E-state index in [1.54, 1.807) is 0 Å². The zero-order valence-electron chi connectivity index (χ0n) is 31.9. The summed E-state index contributed by atoms with van der Waals surface area (Å²) >= 11 is 0. The molecule has 0 unspecified atom stereocenters. The van der Waals surface area contributed by atoms with E-state index in [-0.39, 0.29) is 0 Å². The Morgan fingerprint density at radius 1 is 0.293 bits per heavy atom. The Morgan fingerprint density at radius 3 is 1.36 bits per heavy atom. The maximum atomic E-state index is 6.32. The number of para-hydroxylation sites is 5. The predicted molar refractivity (Wildman–Crippen MR) is 241 cm³/mol. The van der Waals surface area contributed by atoms with Crippen molar-refractivity contribution in [3.63, 3.8) is 0 Å². The van der Waals surface area contributed by atoms with E-state index in [1.165, 1.54) is 11.1 Å².